The molecule has 4 aliphatic heterocycles. The van der Waals surface area contributed by atoms with Crippen LogP contribution in [0.25, 0.3) is 0 Å². The molecule has 0 unspecified atom stereocenters. The molecular formula is C44H76N8O11SSi2. The highest BCUT2D eigenvalue weighted by Gasteiger charge is 2.67. The van der Waals surface area contributed by atoms with Crippen molar-refractivity contribution in [3.63, 3.8) is 0 Å². The Morgan fingerprint density at radius 1 is 0.909 bits per heavy atom. The third-order valence-corrected chi connectivity index (χ3v) is 24.6. The number of amides is 4. The fourth-order valence-electron chi connectivity index (χ4n) is 8.31. The van der Waals surface area contributed by atoms with Crippen LogP contribution in [0, 0.1) is 18.8 Å². The van der Waals surface area contributed by atoms with Crippen LogP contribution in [0.4, 0.5) is 5.82 Å². The monoisotopic (exact) mass is 980 g/mol. The van der Waals surface area contributed by atoms with Crippen molar-refractivity contribution in [3.8, 4) is 0 Å². The molecule has 372 valence electrons. The summed E-state index contributed by atoms with van der Waals surface area (Å²) in [5, 5.41) is 5.92. The number of hydrogen-bond acceptors (Lipinski definition) is 14. The normalized spacial score (nSPS) is 26.9. The molecule has 5 heterocycles. The Labute approximate surface area is 392 Å². The predicted molar refractivity (Wildman–Crippen MR) is 255 cm³/mol. The fourth-order valence-corrected chi connectivity index (χ4v) is 11.8. The average molecular weight is 981 g/mol. The van der Waals surface area contributed by atoms with E-state index in [1.54, 1.807) is 20.8 Å². The molecule has 0 bridgehead atoms. The minimum atomic E-state index is -4.31. The van der Waals surface area contributed by atoms with Crippen LogP contribution in [0.1, 0.15) is 107 Å². The highest BCUT2D eigenvalue weighted by atomic mass is 32.2. The van der Waals surface area contributed by atoms with Crippen LogP contribution < -0.4 is 27.8 Å². The third-order valence-electron chi connectivity index (χ3n) is 14.6. The number of rotatable bonds is 14. The zero-order valence-corrected chi connectivity index (χ0v) is 44.5. The molecule has 1 spiro atoms. The number of aryl methyl sites for hydroxylation is 1. The number of carbonyl (C=O) groups is 4. The number of likely N-dealkylation sites (tertiary alicyclic amines) is 2. The number of anilines is 1. The molecule has 22 heteroatoms. The second kappa shape index (κ2) is 19.1. The molecule has 0 aromatic carbocycles. The van der Waals surface area contributed by atoms with Crippen molar-refractivity contribution >= 4 is 56.2 Å². The summed E-state index contributed by atoms with van der Waals surface area (Å²) >= 11 is 0. The summed E-state index contributed by atoms with van der Waals surface area (Å²) in [6, 6.07) is -3.45. The molecule has 0 saturated carbocycles. The van der Waals surface area contributed by atoms with Crippen LogP contribution in [-0.2, 0) is 47.1 Å². The van der Waals surface area contributed by atoms with E-state index < -0.39 is 98.4 Å². The molecule has 1 aromatic heterocycles. The molecule has 3 saturated heterocycles. The summed E-state index contributed by atoms with van der Waals surface area (Å²) in [4.78, 5) is 76.7. The first-order valence-corrected chi connectivity index (χ1v) is 30.4. The van der Waals surface area contributed by atoms with Crippen LogP contribution in [0.15, 0.2) is 22.1 Å². The molecule has 0 aliphatic carbocycles. The smallest absolute Gasteiger partial charge is 0.351 e. The molecule has 8 atom stereocenters. The van der Waals surface area contributed by atoms with E-state index in [0.717, 1.165) is 5.41 Å². The second-order valence-electron chi connectivity index (χ2n) is 22.2. The molecule has 5 rings (SSSR count). The lowest BCUT2D eigenvalue weighted by Crippen LogP contribution is -2.59. The van der Waals surface area contributed by atoms with Crippen molar-refractivity contribution in [2.75, 3.05) is 25.0 Å². The van der Waals surface area contributed by atoms with Crippen LogP contribution in [0.5, 0.6) is 0 Å². The Balaban J connectivity index is 1.43. The highest BCUT2D eigenvalue weighted by molar-refractivity contribution is 7.90. The Morgan fingerprint density at radius 2 is 1.45 bits per heavy atom. The Bertz CT molecular complexity index is 2240. The standard InChI is InChI=1S/C44H76N8O11SSi2/c1-25(2)32(46)38(55)50-20-16-18-28(50)36(53)47-33(26(3)4)39(56)51-21-17-19-29(51)37(54)48-35-27(5)22-52(41(57)49-35)40-34(62-66(14,15)43(9,10)11)44(30(45)24-64(58,59)63-44)31(61-40)23-60-65(12,13)42(6,7)8/h22,24-26,28-29,31-34,40H,16-21,23,45-46H2,1-15H3,(H,47,53)(H,48,49,54,57)/t28-,29-,31+,32-,33-,34-,40+,44+/m0/s1. The topological polar surface area (TPSA) is 257 Å². The SMILES string of the molecule is Cc1cn([C@@H]2O[C@H](CO[Si](C)(C)C(C)(C)C)[C@@]3(OS(=O)(=O)C=C3N)[C@H]2O[Si](C)(C)C(C)(C)C)c(=O)nc1NC(=O)[C@@H]1CCCN1C(=O)[C@@H](NC(=O)[C@@H]1CCCN1C(=O)[C@@H](N)C(C)C)C(C)C. The van der Waals surface area contributed by atoms with Gasteiger partial charge in [-0.25, -0.2) is 8.98 Å². The largest absolute Gasteiger partial charge is 0.414 e. The van der Waals surface area contributed by atoms with Crippen LogP contribution in [0.2, 0.25) is 36.3 Å². The molecule has 0 radical (unpaired) electrons. The number of nitrogens with one attached hydrogen (secondary N) is 2. The summed E-state index contributed by atoms with van der Waals surface area (Å²) in [5.41, 5.74) is 10.3. The summed E-state index contributed by atoms with van der Waals surface area (Å²) < 4.78 is 53.9. The van der Waals surface area contributed by atoms with Gasteiger partial charge in [-0.1, -0.05) is 69.2 Å². The number of ether oxygens (including phenoxy) is 1. The maximum atomic E-state index is 14.3. The van der Waals surface area contributed by atoms with Crippen molar-refractivity contribution in [2.24, 2.45) is 23.3 Å². The maximum Gasteiger partial charge on any atom is 0.351 e. The minimum Gasteiger partial charge on any atom is -0.414 e. The molecule has 4 amide bonds. The molecule has 4 aliphatic rings. The van der Waals surface area contributed by atoms with E-state index in [1.165, 1.54) is 20.6 Å². The van der Waals surface area contributed by atoms with Crippen LogP contribution in [0.3, 0.4) is 0 Å². The van der Waals surface area contributed by atoms with Gasteiger partial charge >= 0.3 is 5.69 Å². The quantitative estimate of drug-likeness (QED) is 0.153. The van der Waals surface area contributed by atoms with Gasteiger partial charge in [-0.05, 0) is 80.7 Å². The van der Waals surface area contributed by atoms with Gasteiger partial charge in [-0.15, -0.1) is 0 Å². The van der Waals surface area contributed by atoms with E-state index in [1.807, 2.05) is 60.8 Å². The van der Waals surface area contributed by atoms with E-state index in [-0.39, 0.29) is 52.5 Å². The summed E-state index contributed by atoms with van der Waals surface area (Å²) in [7, 11) is -9.59. The van der Waals surface area contributed by atoms with E-state index >= 15 is 0 Å². The molecule has 1 aromatic rings. The minimum absolute atomic E-state index is 0.0497. The van der Waals surface area contributed by atoms with Gasteiger partial charge in [0.05, 0.1) is 23.8 Å². The zero-order chi connectivity index (χ0) is 49.9. The Morgan fingerprint density at radius 3 is 1.95 bits per heavy atom. The number of nitrogens with two attached hydrogens (primary N) is 2. The Kier molecular flexibility index (Phi) is 15.5. The van der Waals surface area contributed by atoms with Crippen molar-refractivity contribution in [3.05, 3.63) is 33.3 Å². The van der Waals surface area contributed by atoms with E-state index in [4.69, 9.17) is 29.2 Å². The first kappa shape index (κ1) is 53.4. The van der Waals surface area contributed by atoms with E-state index in [2.05, 4.69) is 36.4 Å². The van der Waals surface area contributed by atoms with Gasteiger partial charge in [0.25, 0.3) is 10.1 Å². The first-order chi connectivity index (χ1) is 30.2. The summed E-state index contributed by atoms with van der Waals surface area (Å²) in [6.07, 6.45) is -0.348. The number of aromatic nitrogens is 2. The van der Waals surface area contributed by atoms with Gasteiger partial charge < -0.3 is 45.5 Å². The lowest BCUT2D eigenvalue weighted by Gasteiger charge is -2.43. The maximum absolute atomic E-state index is 14.3. The van der Waals surface area contributed by atoms with Gasteiger partial charge in [-0.3, -0.25) is 23.7 Å². The molecule has 3 fully saturated rings. The molecular weight excluding hydrogens is 905 g/mol. The first-order valence-electron chi connectivity index (χ1n) is 23.2. The van der Waals surface area contributed by atoms with Gasteiger partial charge in [0, 0.05) is 24.8 Å². The number of nitrogens with zero attached hydrogens (tertiary/aromatic N) is 4. The van der Waals surface area contributed by atoms with Crippen LogP contribution >= 0.6 is 0 Å². The van der Waals surface area contributed by atoms with E-state index in [9.17, 15) is 32.4 Å². The van der Waals surface area contributed by atoms with Crippen LogP contribution in [-0.4, -0.2) is 130 Å². The van der Waals surface area contributed by atoms with Gasteiger partial charge in [0.2, 0.25) is 23.6 Å². The lowest BCUT2D eigenvalue weighted by atomic mass is 9.89. The second-order valence-corrected chi connectivity index (χ2v) is 33.1. The van der Waals surface area contributed by atoms with Gasteiger partial charge in [-0.2, -0.15) is 13.4 Å². The zero-order valence-electron chi connectivity index (χ0n) is 41.6. The summed E-state index contributed by atoms with van der Waals surface area (Å²) in [6.45, 7) is 29.8. The number of carbonyl (C=O) groups excluding carboxylic acids is 4. The molecule has 6 N–H and O–H groups in total. The van der Waals surface area contributed by atoms with Crippen molar-refractivity contribution in [1.82, 2.24) is 24.7 Å². The highest BCUT2D eigenvalue weighted by Crippen LogP contribution is 2.52. The number of hydrogen-bond donors (Lipinski definition) is 4. The van der Waals surface area contributed by atoms with Crippen molar-refractivity contribution < 1.29 is 45.4 Å². The molecule has 19 nitrogen and oxygen atoms in total. The summed E-state index contributed by atoms with van der Waals surface area (Å²) in [5.74, 6) is -2.30. The Hall–Kier alpha value is -3.52. The lowest BCUT2D eigenvalue weighted by molar-refractivity contribution is -0.144. The third kappa shape index (κ3) is 10.5. The van der Waals surface area contributed by atoms with Gasteiger partial charge in [0.15, 0.2) is 28.5 Å². The predicted octanol–water partition coefficient (Wildman–Crippen LogP) is 3.80. The van der Waals surface area contributed by atoms with E-state index in [0.29, 0.717) is 37.8 Å². The molecule has 66 heavy (non-hydrogen) atoms. The van der Waals surface area contributed by atoms with Crippen molar-refractivity contribution in [1.29, 1.82) is 0 Å². The average Bonchev–Trinajstić information content (AvgIpc) is 3.98. The fraction of sp³-hybridized carbons (Fsp3) is 0.773. The van der Waals surface area contributed by atoms with Gasteiger partial charge in [0.1, 0.15) is 36.2 Å². The van der Waals surface area contributed by atoms with Crippen molar-refractivity contribution in [2.45, 2.75) is 186 Å².